The molecule has 1 aliphatic heterocycles. The number of sulfonamides is 3. The van der Waals surface area contributed by atoms with Crippen molar-refractivity contribution in [3.05, 3.63) is 116 Å². The normalized spacial score (nSPS) is 13.7. The maximum absolute atomic E-state index is 13.2. The molecule has 1 aliphatic rings. The van der Waals surface area contributed by atoms with Gasteiger partial charge in [0, 0.05) is 14.2 Å². The highest BCUT2D eigenvalue weighted by atomic mass is 32.2. The van der Waals surface area contributed by atoms with Gasteiger partial charge < -0.3 is 23.7 Å². The van der Waals surface area contributed by atoms with Crippen molar-refractivity contribution in [2.24, 2.45) is 5.14 Å². The minimum Gasteiger partial charge on any atom is -0.465 e. The first-order chi connectivity index (χ1) is 34.3. The average molecular weight is 1110 g/mol. The fourth-order valence-electron chi connectivity index (χ4n) is 7.91. The number of hydrogen-bond donors (Lipinski definition) is 3. The molecule has 1 amide bonds. The number of fused-ring (bicyclic) bond motifs is 1. The summed E-state index contributed by atoms with van der Waals surface area (Å²) in [6, 6.07) is 14.0. The number of rotatable bonds is 18. The highest BCUT2D eigenvalue weighted by Gasteiger charge is 2.30. The molecular formula is C50H67N3O17S4. The molecule has 0 fully saturated rings. The highest BCUT2D eigenvalue weighted by Crippen LogP contribution is 2.35. The molecule has 1 heterocycles. The summed E-state index contributed by atoms with van der Waals surface area (Å²) in [6.45, 7) is 16.6. The van der Waals surface area contributed by atoms with Crippen LogP contribution in [0.3, 0.4) is 0 Å². The van der Waals surface area contributed by atoms with Crippen molar-refractivity contribution in [3.63, 3.8) is 0 Å². The van der Waals surface area contributed by atoms with Gasteiger partial charge in [0.05, 0.1) is 71.8 Å². The first-order valence-electron chi connectivity index (χ1n) is 23.0. The number of carbonyl (C=O) groups is 4. The maximum atomic E-state index is 13.2. The summed E-state index contributed by atoms with van der Waals surface area (Å²) in [5.41, 5.74) is 7.25. The van der Waals surface area contributed by atoms with E-state index in [-0.39, 0.29) is 45.9 Å². The maximum Gasteiger partial charge on any atom is 0.339 e. The molecular weight excluding hydrogens is 1040 g/mol. The van der Waals surface area contributed by atoms with Crippen molar-refractivity contribution in [3.8, 4) is 0 Å². The van der Waals surface area contributed by atoms with E-state index < -0.39 is 78.7 Å². The number of esters is 3. The van der Waals surface area contributed by atoms with Crippen molar-refractivity contribution in [2.75, 3.05) is 41.2 Å². The predicted molar refractivity (Wildman–Crippen MR) is 275 cm³/mol. The second kappa shape index (κ2) is 26.2. The van der Waals surface area contributed by atoms with Crippen molar-refractivity contribution in [2.45, 2.75) is 125 Å². The summed E-state index contributed by atoms with van der Waals surface area (Å²) in [6.07, 6.45) is 0.0275. The summed E-state index contributed by atoms with van der Waals surface area (Å²) in [7, 11) is -9.69. The Morgan fingerprint density at radius 3 is 1.59 bits per heavy atom. The third kappa shape index (κ3) is 16.0. The van der Waals surface area contributed by atoms with E-state index in [1.165, 1.54) is 19.5 Å². The molecule has 24 heteroatoms. The van der Waals surface area contributed by atoms with Crippen LogP contribution in [0.2, 0.25) is 0 Å². The molecule has 4 aromatic rings. The Morgan fingerprint density at radius 1 is 0.676 bits per heavy atom. The fraction of sp³-hybridized carbons (Fsp3) is 0.440. The largest absolute Gasteiger partial charge is 0.465 e. The fourth-order valence-corrected chi connectivity index (χ4v) is 11.4. The minimum absolute atomic E-state index is 0.0627. The standard InChI is InChI=1S/C26H35NO8S2.C15H20O3.C9H12N2O6S2/c1-8-36(30,31)19-9-10-24(23(13-19)26(29)35-7)37(32,33)27-25(28)14-22-20(16(2)3)11-18(15-34-6)12-21(22)17(4)5;1-9(2)12-5-11(8-17-4)6-13-10(3)18-15(16)7-14(12)13;1-11-19(15,16)6-3-4-8(18(10,13)14)7(5-6)9(12)17-2/h9-13,16-17H,8,14-15H2,1-7H3,(H,27,28);5-6,9-10H,7-8H2,1-4H3;3-5,11H,1-2H3,(H2,10,13,14). The SMILES string of the molecule is CCS(=O)(=O)c1ccc(S(=O)(=O)NC(=O)Cc2c(C(C)C)cc(COC)cc2C(C)C)c(C(=O)OC)c1.CNS(=O)(=O)c1ccc(S(N)(=O)=O)c(C(=O)OC)c1.COCc1cc(C(C)C)c2c(c1)C(C)OC(=O)C2. The minimum atomic E-state index is -4.53. The van der Waals surface area contributed by atoms with E-state index >= 15 is 0 Å². The molecule has 0 aromatic heterocycles. The van der Waals surface area contributed by atoms with Crippen LogP contribution in [-0.4, -0.2) is 98.7 Å². The first-order valence-corrected chi connectivity index (χ1v) is 29.2. The molecule has 4 N–H and O–H groups in total. The summed E-state index contributed by atoms with van der Waals surface area (Å²) in [5.74, 6) is -2.68. The van der Waals surface area contributed by atoms with Crippen LogP contribution in [0, 0.1) is 0 Å². The van der Waals surface area contributed by atoms with Gasteiger partial charge in [-0.3, -0.25) is 9.59 Å². The Bertz CT molecular complexity index is 3140. The van der Waals surface area contributed by atoms with Gasteiger partial charge >= 0.3 is 17.9 Å². The number of carbonyl (C=O) groups excluding carboxylic acids is 4. The quantitative estimate of drug-likeness (QED) is 0.0777. The van der Waals surface area contributed by atoms with Crippen LogP contribution in [-0.2, 0) is 99.2 Å². The zero-order chi connectivity index (χ0) is 56.3. The van der Waals surface area contributed by atoms with Crippen LogP contribution in [0.1, 0.15) is 144 Å². The van der Waals surface area contributed by atoms with Crippen molar-refractivity contribution in [1.29, 1.82) is 0 Å². The first kappa shape index (κ1) is 62.7. The number of methoxy groups -OCH3 is 4. The zero-order valence-electron chi connectivity index (χ0n) is 43.8. The van der Waals surface area contributed by atoms with Gasteiger partial charge in [-0.25, -0.2) is 57.8 Å². The molecule has 408 valence electrons. The molecule has 4 aromatic carbocycles. The summed E-state index contributed by atoms with van der Waals surface area (Å²) >= 11 is 0. The third-order valence-electron chi connectivity index (χ3n) is 11.5. The smallest absolute Gasteiger partial charge is 0.339 e. The predicted octanol–water partition coefficient (Wildman–Crippen LogP) is 5.85. The number of nitrogens with two attached hydrogens (primary N) is 1. The van der Waals surface area contributed by atoms with Gasteiger partial charge in [0.1, 0.15) is 11.0 Å². The second-order valence-corrected chi connectivity index (χ2v) is 25.2. The lowest BCUT2D eigenvalue weighted by molar-refractivity contribution is -0.149. The van der Waals surface area contributed by atoms with Gasteiger partial charge in [-0.1, -0.05) is 66.7 Å². The Kier molecular flexibility index (Phi) is 22.2. The molecule has 5 rings (SSSR count). The molecule has 20 nitrogen and oxygen atoms in total. The number of amides is 1. The zero-order valence-corrected chi connectivity index (χ0v) is 47.0. The van der Waals surface area contributed by atoms with Crippen LogP contribution in [0.5, 0.6) is 0 Å². The van der Waals surface area contributed by atoms with Crippen LogP contribution in [0.4, 0.5) is 0 Å². The summed E-state index contributed by atoms with van der Waals surface area (Å²) in [5, 5.41) is 4.94. The number of primary sulfonamides is 1. The number of benzene rings is 4. The number of nitrogens with one attached hydrogen (secondary N) is 2. The van der Waals surface area contributed by atoms with Crippen molar-refractivity contribution < 1.29 is 76.5 Å². The number of hydrogen-bond acceptors (Lipinski definition) is 17. The molecule has 0 bridgehead atoms. The molecule has 0 aliphatic carbocycles. The van der Waals surface area contributed by atoms with Crippen molar-refractivity contribution >= 4 is 63.7 Å². The lowest BCUT2D eigenvalue weighted by Crippen LogP contribution is -2.33. The van der Waals surface area contributed by atoms with Gasteiger partial charge in [-0.2, -0.15) is 0 Å². The molecule has 1 unspecified atom stereocenters. The summed E-state index contributed by atoms with van der Waals surface area (Å²) < 4.78 is 126. The third-order valence-corrected chi connectivity index (χ3v) is 17.1. The van der Waals surface area contributed by atoms with E-state index in [9.17, 15) is 52.8 Å². The lowest BCUT2D eigenvalue weighted by atomic mass is 9.85. The van der Waals surface area contributed by atoms with E-state index in [0.29, 0.717) is 25.6 Å². The molecule has 0 spiro atoms. The second-order valence-electron chi connectivity index (χ2n) is 17.8. The highest BCUT2D eigenvalue weighted by molar-refractivity contribution is 7.91. The van der Waals surface area contributed by atoms with E-state index in [1.807, 2.05) is 56.2 Å². The average Bonchev–Trinajstić information content (AvgIpc) is 3.33. The monoisotopic (exact) mass is 1110 g/mol. The molecule has 1 atom stereocenters. The number of sulfone groups is 1. The Hall–Kier alpha value is -5.60. The lowest BCUT2D eigenvalue weighted by Gasteiger charge is -2.27. The molecule has 0 saturated carbocycles. The van der Waals surface area contributed by atoms with Gasteiger partial charge in [0.25, 0.3) is 10.0 Å². The Balaban J connectivity index is 0.000000325. The number of cyclic esters (lactones) is 1. The van der Waals surface area contributed by atoms with Crippen LogP contribution < -0.4 is 14.6 Å². The van der Waals surface area contributed by atoms with Gasteiger partial charge in [-0.05, 0) is 119 Å². The molecule has 0 saturated heterocycles. The van der Waals surface area contributed by atoms with Crippen molar-refractivity contribution in [1.82, 2.24) is 9.44 Å². The molecule has 74 heavy (non-hydrogen) atoms. The van der Waals surface area contributed by atoms with Gasteiger partial charge in [-0.15, -0.1) is 0 Å². The van der Waals surface area contributed by atoms with Gasteiger partial charge in [0.15, 0.2) is 9.84 Å². The van der Waals surface area contributed by atoms with Crippen LogP contribution in [0.15, 0.2) is 80.2 Å². The summed E-state index contributed by atoms with van der Waals surface area (Å²) in [4.78, 5) is 46.9. The van der Waals surface area contributed by atoms with Gasteiger partial charge in [0.2, 0.25) is 26.0 Å². The molecule has 0 radical (unpaired) electrons. The van der Waals surface area contributed by atoms with Crippen LogP contribution in [0.25, 0.3) is 0 Å². The Morgan fingerprint density at radius 2 is 1.14 bits per heavy atom. The van der Waals surface area contributed by atoms with E-state index in [1.54, 1.807) is 14.2 Å². The van der Waals surface area contributed by atoms with E-state index in [2.05, 4.69) is 35.5 Å². The van der Waals surface area contributed by atoms with Crippen LogP contribution >= 0.6 is 0 Å². The van der Waals surface area contributed by atoms with E-state index in [4.69, 9.17) is 19.3 Å². The topological polar surface area (TPSA) is 301 Å². The Labute approximate surface area is 435 Å². The van der Waals surface area contributed by atoms with E-state index in [0.717, 1.165) is 89.6 Å². The number of ether oxygens (including phenoxy) is 5.